The maximum absolute atomic E-state index is 9.79. The van der Waals surface area contributed by atoms with Crippen molar-refractivity contribution in [3.05, 3.63) is 204 Å². The second-order valence-electron chi connectivity index (χ2n) is 15.5. The Morgan fingerprint density at radius 2 is 0.967 bits per heavy atom. The molecule has 288 valence electrons. The van der Waals surface area contributed by atoms with Crippen molar-refractivity contribution in [1.29, 1.82) is 10.5 Å². The van der Waals surface area contributed by atoms with Crippen LogP contribution < -0.4 is 36.7 Å². The average Bonchev–Trinajstić information content (AvgIpc) is 3.31. The molecule has 2 aliphatic rings. The van der Waals surface area contributed by atoms with Crippen LogP contribution in [-0.2, 0) is 23.6 Å². The number of hydrogen-bond donors (Lipinski definition) is 0. The summed E-state index contributed by atoms with van der Waals surface area (Å²) in [4.78, 5) is 6.15. The number of nitrogens with zero attached hydrogens (tertiary/aromatic N) is 4. The Morgan fingerprint density at radius 1 is 0.475 bits per heavy atom. The van der Waals surface area contributed by atoms with Crippen LogP contribution in [0.15, 0.2) is 170 Å². The number of nitriles is 2. The third kappa shape index (κ3) is 6.14. The molecular formula is C53H34N4P2S2. The molecule has 4 nitrogen and oxygen atoms in total. The highest BCUT2D eigenvalue weighted by molar-refractivity contribution is 8.27. The molecule has 0 saturated carbocycles. The van der Waals surface area contributed by atoms with Gasteiger partial charge in [0, 0.05) is 33.3 Å². The zero-order chi connectivity index (χ0) is 42.0. The molecule has 0 bridgehead atoms. The second kappa shape index (κ2) is 14.8. The van der Waals surface area contributed by atoms with Gasteiger partial charge in [0.1, 0.15) is 0 Å². The quantitative estimate of drug-likeness (QED) is 0.128. The van der Waals surface area contributed by atoms with Crippen LogP contribution in [0.2, 0.25) is 0 Å². The van der Waals surface area contributed by atoms with Gasteiger partial charge in [-0.3, -0.25) is 0 Å². The van der Waals surface area contributed by atoms with Gasteiger partial charge in [0.25, 0.3) is 0 Å². The number of anilines is 3. The summed E-state index contributed by atoms with van der Waals surface area (Å²) in [5.74, 6) is 0. The third-order valence-electron chi connectivity index (χ3n) is 11.8. The molecule has 0 aromatic heterocycles. The molecule has 0 radical (unpaired) electrons. The zero-order valence-corrected chi connectivity index (χ0v) is 36.6. The van der Waals surface area contributed by atoms with Crippen molar-refractivity contribution >= 4 is 90.3 Å². The SMILES string of the molecule is [C-]#[N+]c1cccc(-c2cccc(P3(=S)c4cc(C)ccc4N4c5ccc(C)cc5P(=S)(c5cccc(-c6cccc(C#N)c6)c5)c5cc(-c6ccc(C#N)cc6)cc3c54)c2)c1. The largest absolute Gasteiger partial charge is 0.308 e. The van der Waals surface area contributed by atoms with E-state index in [0.29, 0.717) is 16.8 Å². The van der Waals surface area contributed by atoms with Gasteiger partial charge in [-0.25, -0.2) is 4.85 Å². The van der Waals surface area contributed by atoms with Gasteiger partial charge in [0.2, 0.25) is 0 Å². The summed E-state index contributed by atoms with van der Waals surface area (Å²) in [6, 6.07) is 57.3. The molecule has 8 aromatic carbocycles. The number of aryl methyl sites for hydroxylation is 2. The van der Waals surface area contributed by atoms with E-state index < -0.39 is 12.1 Å². The summed E-state index contributed by atoms with van der Waals surface area (Å²) in [6.07, 6.45) is 0. The van der Waals surface area contributed by atoms with Crippen molar-refractivity contribution in [2.24, 2.45) is 0 Å². The Bertz CT molecular complexity index is 3210. The number of rotatable bonds is 5. The van der Waals surface area contributed by atoms with Gasteiger partial charge in [-0.05, 0) is 137 Å². The first-order valence-corrected chi connectivity index (χ1v) is 25.4. The fourth-order valence-electron chi connectivity index (χ4n) is 8.84. The zero-order valence-electron chi connectivity index (χ0n) is 33.2. The first kappa shape index (κ1) is 38.5. The van der Waals surface area contributed by atoms with Gasteiger partial charge in [-0.1, -0.05) is 126 Å². The molecule has 2 aliphatic heterocycles. The molecular weight excluding hydrogens is 819 g/mol. The minimum Gasteiger partial charge on any atom is -0.308 e. The Morgan fingerprint density at radius 3 is 1.49 bits per heavy atom. The van der Waals surface area contributed by atoms with Crippen molar-refractivity contribution < 1.29 is 0 Å². The molecule has 0 amide bonds. The average molecular weight is 853 g/mol. The minimum atomic E-state index is -2.86. The molecule has 10 rings (SSSR count). The summed E-state index contributed by atoms with van der Waals surface area (Å²) in [7, 11) is 0. The first-order valence-electron chi connectivity index (χ1n) is 19.8. The normalized spacial score (nSPS) is 16.9. The third-order valence-corrected chi connectivity index (χ3v) is 21.5. The number of fused-ring (bicyclic) bond motifs is 4. The summed E-state index contributed by atoms with van der Waals surface area (Å²) >= 11 is 14.7. The number of hydrogen-bond acceptors (Lipinski definition) is 5. The van der Waals surface area contributed by atoms with E-state index in [2.05, 4.69) is 139 Å². The Kier molecular flexibility index (Phi) is 9.35. The predicted octanol–water partition coefficient (Wildman–Crippen LogP) is 11.2. The van der Waals surface area contributed by atoms with E-state index in [4.69, 9.17) is 30.2 Å². The number of benzene rings is 8. The van der Waals surface area contributed by atoms with E-state index in [0.717, 1.165) is 93.4 Å². The van der Waals surface area contributed by atoms with Crippen molar-refractivity contribution in [2.75, 3.05) is 4.90 Å². The lowest BCUT2D eigenvalue weighted by Crippen LogP contribution is -2.46. The molecule has 0 aliphatic carbocycles. The van der Waals surface area contributed by atoms with Gasteiger partial charge in [-0.15, -0.1) is 0 Å². The molecule has 8 aromatic rings. The standard InChI is InChI=1S/C53H34N4P2S2/c1-34-16-22-47-49(24-34)58(60,45-14-6-11-41(28-45)39-9-4-8-37(26-39)33-55)51-30-43(38-20-18-36(32-54)19-21-38)31-52-53(51)57(47)48-23-17-35(2)25-50(48)59(52,61)46-15-7-12-42(29-46)40-10-5-13-44(27-40)56-3/h4-31H,1-2H3. The van der Waals surface area contributed by atoms with Gasteiger partial charge in [0.05, 0.1) is 46.9 Å². The topological polar surface area (TPSA) is 55.2 Å². The maximum Gasteiger partial charge on any atom is 0.187 e. The van der Waals surface area contributed by atoms with Crippen LogP contribution in [0.1, 0.15) is 22.3 Å². The Labute approximate surface area is 366 Å². The van der Waals surface area contributed by atoms with Crippen molar-refractivity contribution in [2.45, 2.75) is 13.8 Å². The lowest BCUT2D eigenvalue weighted by atomic mass is 10.0. The highest BCUT2D eigenvalue weighted by Crippen LogP contribution is 2.61. The first-order chi connectivity index (χ1) is 29.6. The molecule has 61 heavy (non-hydrogen) atoms. The van der Waals surface area contributed by atoms with E-state index in [1.807, 2.05) is 66.7 Å². The van der Waals surface area contributed by atoms with Crippen LogP contribution in [0, 0.1) is 43.1 Å². The molecule has 8 heteroatoms. The molecule has 0 spiro atoms. The monoisotopic (exact) mass is 852 g/mol. The van der Waals surface area contributed by atoms with Crippen LogP contribution in [0.3, 0.4) is 0 Å². The molecule has 2 heterocycles. The highest BCUT2D eigenvalue weighted by atomic mass is 32.4. The van der Waals surface area contributed by atoms with Gasteiger partial charge < -0.3 is 4.90 Å². The van der Waals surface area contributed by atoms with Crippen LogP contribution in [-0.4, -0.2) is 0 Å². The van der Waals surface area contributed by atoms with Crippen LogP contribution in [0.4, 0.5) is 22.7 Å². The van der Waals surface area contributed by atoms with Gasteiger partial charge in [0.15, 0.2) is 5.69 Å². The smallest absolute Gasteiger partial charge is 0.187 e. The van der Waals surface area contributed by atoms with E-state index in [1.54, 1.807) is 0 Å². The highest BCUT2D eigenvalue weighted by Gasteiger charge is 2.46. The minimum absolute atomic E-state index is 0.589. The van der Waals surface area contributed by atoms with Crippen molar-refractivity contribution in [3.63, 3.8) is 0 Å². The predicted molar refractivity (Wildman–Crippen MR) is 262 cm³/mol. The van der Waals surface area contributed by atoms with E-state index in [-0.39, 0.29) is 0 Å². The fraction of sp³-hybridized carbons (Fsp3) is 0.0377. The van der Waals surface area contributed by atoms with E-state index >= 15 is 0 Å². The molecule has 0 fully saturated rings. The van der Waals surface area contributed by atoms with Crippen LogP contribution in [0.25, 0.3) is 38.2 Å². The lowest BCUT2D eigenvalue weighted by molar-refractivity contribution is 1.30. The maximum atomic E-state index is 9.79. The van der Waals surface area contributed by atoms with Gasteiger partial charge >= 0.3 is 0 Å². The van der Waals surface area contributed by atoms with Crippen LogP contribution >= 0.6 is 12.1 Å². The Hall–Kier alpha value is -6.67. The van der Waals surface area contributed by atoms with Gasteiger partial charge in [-0.2, -0.15) is 10.5 Å². The summed E-state index contributed by atoms with van der Waals surface area (Å²) < 4.78 is 0. The molecule has 0 saturated heterocycles. The fourth-order valence-corrected chi connectivity index (χ4v) is 17.6. The molecule has 0 N–H and O–H groups in total. The summed E-state index contributed by atoms with van der Waals surface area (Å²) in [5, 5.41) is 26.0. The van der Waals surface area contributed by atoms with E-state index in [9.17, 15) is 10.5 Å². The van der Waals surface area contributed by atoms with E-state index in [1.165, 1.54) is 0 Å². The van der Waals surface area contributed by atoms with Crippen molar-refractivity contribution in [1.82, 2.24) is 0 Å². The Balaban J connectivity index is 1.33. The van der Waals surface area contributed by atoms with Crippen LogP contribution in [0.5, 0.6) is 0 Å². The molecule has 2 unspecified atom stereocenters. The van der Waals surface area contributed by atoms with Crippen molar-refractivity contribution in [3.8, 4) is 45.5 Å². The molecule has 2 atom stereocenters. The lowest BCUT2D eigenvalue weighted by Gasteiger charge is -2.47. The summed E-state index contributed by atoms with van der Waals surface area (Å²) in [6.45, 7) is 12.0. The summed E-state index contributed by atoms with van der Waals surface area (Å²) in [5.41, 5.74) is 13.1. The second-order valence-corrected chi connectivity index (χ2v) is 24.2.